The van der Waals surface area contributed by atoms with Gasteiger partial charge in [0.1, 0.15) is 5.82 Å². The monoisotopic (exact) mass is 472 g/mol. The maximum absolute atomic E-state index is 13.7. The Hall–Kier alpha value is -3.85. The second-order valence-electron chi connectivity index (χ2n) is 8.39. The zero-order valence-electron chi connectivity index (χ0n) is 18.4. The zero-order chi connectivity index (χ0) is 23.2. The number of hydrogen-bond donors (Lipinski definition) is 0. The Kier molecular flexibility index (Phi) is 4.99. The lowest BCUT2D eigenvalue weighted by atomic mass is 10.1. The van der Waals surface area contributed by atoms with Crippen LogP contribution in [0.5, 0.6) is 0 Å². The average molecular weight is 473 g/mol. The summed E-state index contributed by atoms with van der Waals surface area (Å²) in [6.07, 6.45) is 0. The third kappa shape index (κ3) is 3.40. The number of aromatic nitrogens is 4. The highest BCUT2D eigenvalue weighted by molar-refractivity contribution is 7.13. The quantitative estimate of drug-likeness (QED) is 0.387. The number of halogens is 1. The lowest BCUT2D eigenvalue weighted by molar-refractivity contribution is 0.0672. The first-order chi connectivity index (χ1) is 16.6. The van der Waals surface area contributed by atoms with Gasteiger partial charge in [0.15, 0.2) is 11.5 Å². The van der Waals surface area contributed by atoms with Crippen LogP contribution in [-0.4, -0.2) is 56.1 Å². The predicted molar refractivity (Wildman–Crippen MR) is 131 cm³/mol. The van der Waals surface area contributed by atoms with Crippen LogP contribution in [-0.2, 0) is 0 Å². The highest BCUT2D eigenvalue weighted by atomic mass is 32.1. The Labute approximate surface area is 199 Å². The molecular formula is C25H21FN6OS. The number of carbonyl (C=O) groups is 1. The lowest BCUT2D eigenvalue weighted by Crippen LogP contribution is -2.54. The van der Waals surface area contributed by atoms with Gasteiger partial charge in [-0.1, -0.05) is 24.3 Å². The molecular weight excluding hydrogens is 451 g/mol. The number of anilines is 1. The van der Waals surface area contributed by atoms with Crippen molar-refractivity contribution < 1.29 is 9.18 Å². The Morgan fingerprint density at radius 3 is 2.74 bits per heavy atom. The van der Waals surface area contributed by atoms with Gasteiger partial charge >= 0.3 is 0 Å². The summed E-state index contributed by atoms with van der Waals surface area (Å²) in [5.41, 5.74) is 1.97. The van der Waals surface area contributed by atoms with Gasteiger partial charge < -0.3 is 9.80 Å². The van der Waals surface area contributed by atoms with Gasteiger partial charge in [-0.3, -0.25) is 4.79 Å². The fourth-order valence-electron chi connectivity index (χ4n) is 4.57. The SMILES string of the molecule is C[C@H]1CN(c2nc3ccccc3c3nnc(-c4cccs4)n23)CCN1C(=O)c1cccc(F)c1. The van der Waals surface area contributed by atoms with Crippen molar-refractivity contribution >= 4 is 39.7 Å². The summed E-state index contributed by atoms with van der Waals surface area (Å²) in [7, 11) is 0. The standard InChI is InChI=1S/C25H21FN6OS/c1-16-15-30(11-12-31(16)24(33)17-6-4-7-18(26)14-17)25-27-20-9-3-2-8-19(20)22-28-29-23(32(22)25)21-10-5-13-34-21/h2-10,13-14,16H,11-12,15H2,1H3/t16-/m0/s1. The maximum atomic E-state index is 13.7. The van der Waals surface area contributed by atoms with Gasteiger partial charge in [-0.15, -0.1) is 21.5 Å². The van der Waals surface area contributed by atoms with E-state index in [2.05, 4.69) is 15.1 Å². The van der Waals surface area contributed by atoms with E-state index in [0.29, 0.717) is 25.2 Å². The van der Waals surface area contributed by atoms with E-state index in [-0.39, 0.29) is 11.9 Å². The maximum Gasteiger partial charge on any atom is 0.254 e. The van der Waals surface area contributed by atoms with Crippen LogP contribution in [0.25, 0.3) is 27.3 Å². The number of amides is 1. The van der Waals surface area contributed by atoms with E-state index in [1.54, 1.807) is 28.4 Å². The first-order valence-corrected chi connectivity index (χ1v) is 12.0. The number of rotatable bonds is 3. The van der Waals surface area contributed by atoms with E-state index in [4.69, 9.17) is 4.98 Å². The smallest absolute Gasteiger partial charge is 0.254 e. The van der Waals surface area contributed by atoms with Crippen molar-refractivity contribution in [3.8, 4) is 10.7 Å². The highest BCUT2D eigenvalue weighted by Gasteiger charge is 2.31. The first kappa shape index (κ1) is 20.7. The minimum atomic E-state index is -0.409. The van der Waals surface area contributed by atoms with Crippen LogP contribution in [0.2, 0.25) is 0 Å². The number of hydrogen-bond acceptors (Lipinski definition) is 6. The molecule has 1 saturated heterocycles. The molecule has 0 saturated carbocycles. The van der Waals surface area contributed by atoms with E-state index in [9.17, 15) is 9.18 Å². The summed E-state index contributed by atoms with van der Waals surface area (Å²) < 4.78 is 15.7. The first-order valence-electron chi connectivity index (χ1n) is 11.1. The summed E-state index contributed by atoms with van der Waals surface area (Å²) >= 11 is 1.61. The van der Waals surface area contributed by atoms with E-state index in [1.165, 1.54) is 12.1 Å². The molecule has 1 aliphatic heterocycles. The molecule has 1 amide bonds. The van der Waals surface area contributed by atoms with Crippen molar-refractivity contribution in [2.75, 3.05) is 24.5 Å². The van der Waals surface area contributed by atoms with Crippen molar-refractivity contribution in [1.82, 2.24) is 24.5 Å². The molecule has 34 heavy (non-hydrogen) atoms. The Bertz CT molecular complexity index is 1510. The molecule has 3 aromatic heterocycles. The molecule has 0 unspecified atom stereocenters. The molecule has 0 spiro atoms. The second kappa shape index (κ2) is 8.18. The molecule has 5 aromatic rings. The molecule has 0 aliphatic carbocycles. The summed E-state index contributed by atoms with van der Waals surface area (Å²) in [6.45, 7) is 3.69. The summed E-state index contributed by atoms with van der Waals surface area (Å²) in [4.78, 5) is 23.1. The fourth-order valence-corrected chi connectivity index (χ4v) is 5.27. The van der Waals surface area contributed by atoms with Gasteiger partial charge in [-0.25, -0.2) is 13.8 Å². The minimum Gasteiger partial charge on any atom is -0.338 e. The number of carbonyl (C=O) groups excluding carboxylic acids is 1. The number of fused-ring (bicyclic) bond motifs is 3. The number of para-hydroxylation sites is 1. The van der Waals surface area contributed by atoms with E-state index in [0.717, 1.165) is 33.2 Å². The Morgan fingerprint density at radius 1 is 1.06 bits per heavy atom. The molecule has 0 radical (unpaired) electrons. The minimum absolute atomic E-state index is 0.0884. The van der Waals surface area contributed by atoms with Crippen molar-refractivity contribution in [3.63, 3.8) is 0 Å². The zero-order valence-corrected chi connectivity index (χ0v) is 19.2. The molecule has 6 rings (SSSR count). The number of piperazine rings is 1. The Balaban J connectivity index is 1.40. The molecule has 7 nitrogen and oxygen atoms in total. The number of benzene rings is 2. The van der Waals surface area contributed by atoms with Gasteiger partial charge in [0.25, 0.3) is 5.91 Å². The van der Waals surface area contributed by atoms with Crippen molar-refractivity contribution in [2.24, 2.45) is 0 Å². The van der Waals surface area contributed by atoms with Gasteiger partial charge in [-0.05, 0) is 48.7 Å². The second-order valence-corrected chi connectivity index (χ2v) is 9.34. The van der Waals surface area contributed by atoms with Crippen LogP contribution < -0.4 is 4.90 Å². The van der Waals surface area contributed by atoms with Crippen molar-refractivity contribution in [3.05, 3.63) is 77.4 Å². The highest BCUT2D eigenvalue weighted by Crippen LogP contribution is 2.31. The molecule has 0 N–H and O–H groups in total. The lowest BCUT2D eigenvalue weighted by Gasteiger charge is -2.40. The van der Waals surface area contributed by atoms with Crippen LogP contribution in [0.4, 0.5) is 10.3 Å². The number of nitrogens with zero attached hydrogens (tertiary/aromatic N) is 6. The largest absolute Gasteiger partial charge is 0.338 e. The molecule has 4 heterocycles. The molecule has 170 valence electrons. The predicted octanol–water partition coefficient (Wildman–Crippen LogP) is 4.50. The third-order valence-corrected chi connectivity index (χ3v) is 7.08. The molecule has 1 aliphatic rings. The molecule has 2 aromatic carbocycles. The van der Waals surface area contributed by atoms with Gasteiger partial charge in [-0.2, -0.15) is 0 Å². The summed E-state index contributed by atoms with van der Waals surface area (Å²) in [5, 5.41) is 12.0. The molecule has 0 bridgehead atoms. The Morgan fingerprint density at radius 2 is 1.94 bits per heavy atom. The topological polar surface area (TPSA) is 66.6 Å². The van der Waals surface area contributed by atoms with Crippen molar-refractivity contribution in [2.45, 2.75) is 13.0 Å². The summed E-state index contributed by atoms with van der Waals surface area (Å²) in [6, 6.07) is 17.7. The molecule has 9 heteroatoms. The van der Waals surface area contributed by atoms with Gasteiger partial charge in [0.2, 0.25) is 5.95 Å². The van der Waals surface area contributed by atoms with Crippen LogP contribution in [0.15, 0.2) is 66.0 Å². The molecule has 1 fully saturated rings. The van der Waals surface area contributed by atoms with Crippen LogP contribution in [0.1, 0.15) is 17.3 Å². The van der Waals surface area contributed by atoms with Gasteiger partial charge in [0.05, 0.1) is 10.4 Å². The van der Waals surface area contributed by atoms with Crippen molar-refractivity contribution in [1.29, 1.82) is 0 Å². The van der Waals surface area contributed by atoms with E-state index < -0.39 is 5.82 Å². The normalized spacial score (nSPS) is 16.5. The van der Waals surface area contributed by atoms with E-state index in [1.807, 2.05) is 53.1 Å². The fraction of sp³-hybridized carbons (Fsp3) is 0.200. The number of thiophene rings is 1. The summed E-state index contributed by atoms with van der Waals surface area (Å²) in [5.74, 6) is 0.941. The van der Waals surface area contributed by atoms with Crippen LogP contribution >= 0.6 is 11.3 Å². The van der Waals surface area contributed by atoms with Crippen LogP contribution in [0, 0.1) is 5.82 Å². The average Bonchev–Trinajstić information content (AvgIpc) is 3.53. The third-order valence-electron chi connectivity index (χ3n) is 6.21. The van der Waals surface area contributed by atoms with E-state index >= 15 is 0 Å². The molecule has 1 atom stereocenters. The van der Waals surface area contributed by atoms with Gasteiger partial charge in [0, 0.05) is 36.6 Å². The van der Waals surface area contributed by atoms with Crippen LogP contribution in [0.3, 0.4) is 0 Å².